The molecule has 5 rings (SSSR count). The number of aryl methyl sites for hydroxylation is 1. The molecule has 8 nitrogen and oxygen atoms in total. The van der Waals surface area contributed by atoms with Crippen LogP contribution in [0, 0.1) is 6.92 Å². The number of rotatable bonds is 5. The van der Waals surface area contributed by atoms with Crippen molar-refractivity contribution in [2.24, 2.45) is 0 Å². The van der Waals surface area contributed by atoms with Crippen molar-refractivity contribution in [1.82, 2.24) is 20.1 Å². The second-order valence-corrected chi connectivity index (χ2v) is 8.37. The Balaban J connectivity index is 1.12. The standard InChI is InChI=1S/C24H27N5O3/c1-16-2-4-17(5-3-16)23-26-24(28-27-23)18-8-10-29(11-9-18)15-22(30)25-19-6-7-20-21(14-19)32-13-12-31-20/h2-7,14,18H,8-13,15H2,1H3,(H,25,30)(H,26,27,28). The number of carbonyl (C=O) groups is 1. The van der Waals surface area contributed by atoms with Crippen LogP contribution in [0.4, 0.5) is 5.69 Å². The van der Waals surface area contributed by atoms with Crippen molar-refractivity contribution in [1.29, 1.82) is 0 Å². The maximum atomic E-state index is 12.5. The molecule has 0 radical (unpaired) electrons. The number of hydrogen-bond acceptors (Lipinski definition) is 6. The van der Waals surface area contributed by atoms with Gasteiger partial charge in [0.2, 0.25) is 5.91 Å². The predicted molar refractivity (Wildman–Crippen MR) is 121 cm³/mol. The zero-order chi connectivity index (χ0) is 21.9. The van der Waals surface area contributed by atoms with Gasteiger partial charge in [-0.1, -0.05) is 29.8 Å². The van der Waals surface area contributed by atoms with Gasteiger partial charge in [-0.2, -0.15) is 5.10 Å². The fraction of sp³-hybridized carbons (Fsp3) is 0.375. The number of amides is 1. The number of piperidine rings is 1. The topological polar surface area (TPSA) is 92.4 Å². The fourth-order valence-corrected chi connectivity index (χ4v) is 4.18. The van der Waals surface area contributed by atoms with Gasteiger partial charge in [0.25, 0.3) is 0 Å². The molecule has 2 aliphatic heterocycles. The number of aromatic amines is 1. The Labute approximate surface area is 186 Å². The highest BCUT2D eigenvalue weighted by Gasteiger charge is 2.25. The summed E-state index contributed by atoms with van der Waals surface area (Å²) in [4.78, 5) is 19.4. The highest BCUT2D eigenvalue weighted by atomic mass is 16.6. The van der Waals surface area contributed by atoms with E-state index in [1.807, 2.05) is 30.3 Å². The van der Waals surface area contributed by atoms with Gasteiger partial charge in [-0.25, -0.2) is 4.98 Å². The molecule has 3 aromatic rings. The number of aromatic nitrogens is 3. The number of benzene rings is 2. The number of likely N-dealkylation sites (tertiary alicyclic amines) is 1. The lowest BCUT2D eigenvalue weighted by Crippen LogP contribution is -2.38. The average Bonchev–Trinajstić information content (AvgIpc) is 3.30. The molecule has 1 fully saturated rings. The largest absolute Gasteiger partial charge is 0.486 e. The Morgan fingerprint density at radius 1 is 1.09 bits per heavy atom. The molecule has 3 heterocycles. The molecule has 0 spiro atoms. The summed E-state index contributed by atoms with van der Waals surface area (Å²) in [7, 11) is 0. The molecule has 0 bridgehead atoms. The van der Waals surface area contributed by atoms with Gasteiger partial charge < -0.3 is 14.8 Å². The molecule has 1 saturated heterocycles. The van der Waals surface area contributed by atoms with Crippen molar-refractivity contribution in [3.8, 4) is 22.9 Å². The van der Waals surface area contributed by atoms with Gasteiger partial charge in [-0.3, -0.25) is 14.8 Å². The van der Waals surface area contributed by atoms with E-state index in [1.54, 1.807) is 0 Å². The van der Waals surface area contributed by atoms with E-state index >= 15 is 0 Å². The molecule has 0 aliphatic carbocycles. The number of nitrogens with zero attached hydrogens (tertiary/aromatic N) is 3. The maximum Gasteiger partial charge on any atom is 0.238 e. The predicted octanol–water partition coefficient (Wildman–Crippen LogP) is 3.37. The Morgan fingerprint density at radius 3 is 2.62 bits per heavy atom. The monoisotopic (exact) mass is 433 g/mol. The van der Waals surface area contributed by atoms with E-state index in [1.165, 1.54) is 5.56 Å². The van der Waals surface area contributed by atoms with Crippen molar-refractivity contribution in [3.05, 3.63) is 53.9 Å². The summed E-state index contributed by atoms with van der Waals surface area (Å²) in [5, 5.41) is 10.5. The third-order valence-electron chi connectivity index (χ3n) is 5.98. The molecule has 1 aromatic heterocycles. The minimum atomic E-state index is -0.0264. The van der Waals surface area contributed by atoms with Gasteiger partial charge in [-0.05, 0) is 45.0 Å². The van der Waals surface area contributed by atoms with E-state index in [0.29, 0.717) is 37.2 Å². The molecule has 166 valence electrons. The smallest absolute Gasteiger partial charge is 0.238 e. The molecule has 32 heavy (non-hydrogen) atoms. The molecule has 8 heteroatoms. The summed E-state index contributed by atoms with van der Waals surface area (Å²) >= 11 is 0. The highest BCUT2D eigenvalue weighted by molar-refractivity contribution is 5.92. The zero-order valence-electron chi connectivity index (χ0n) is 18.1. The van der Waals surface area contributed by atoms with E-state index in [0.717, 1.165) is 48.8 Å². The minimum absolute atomic E-state index is 0.0264. The Morgan fingerprint density at radius 2 is 1.84 bits per heavy atom. The van der Waals surface area contributed by atoms with Crippen molar-refractivity contribution in [3.63, 3.8) is 0 Å². The number of H-pyrrole nitrogens is 1. The van der Waals surface area contributed by atoms with Gasteiger partial charge in [0.05, 0.1) is 6.54 Å². The van der Waals surface area contributed by atoms with E-state index < -0.39 is 0 Å². The van der Waals surface area contributed by atoms with Crippen LogP contribution in [-0.2, 0) is 4.79 Å². The first-order valence-corrected chi connectivity index (χ1v) is 11.1. The SMILES string of the molecule is Cc1ccc(-c2n[nH]c(C3CCN(CC(=O)Nc4ccc5c(c4)OCCO5)CC3)n2)cc1. The number of hydrogen-bond donors (Lipinski definition) is 2. The molecule has 2 N–H and O–H groups in total. The second-order valence-electron chi connectivity index (χ2n) is 8.37. The molecule has 2 aromatic carbocycles. The first kappa shape index (κ1) is 20.5. The van der Waals surface area contributed by atoms with Crippen LogP contribution in [0.25, 0.3) is 11.4 Å². The lowest BCUT2D eigenvalue weighted by Gasteiger charge is -2.30. The van der Waals surface area contributed by atoms with Crippen molar-refractivity contribution in [2.45, 2.75) is 25.7 Å². The lowest BCUT2D eigenvalue weighted by atomic mass is 9.96. The summed E-state index contributed by atoms with van der Waals surface area (Å²) in [6.45, 7) is 5.20. The summed E-state index contributed by atoms with van der Waals surface area (Å²) < 4.78 is 11.1. The molecular weight excluding hydrogens is 406 g/mol. The van der Waals surface area contributed by atoms with Crippen molar-refractivity contribution < 1.29 is 14.3 Å². The Hall–Kier alpha value is -3.39. The molecule has 0 saturated carbocycles. The normalized spacial score (nSPS) is 16.7. The van der Waals surface area contributed by atoms with Gasteiger partial charge >= 0.3 is 0 Å². The third-order valence-corrected chi connectivity index (χ3v) is 5.98. The summed E-state index contributed by atoms with van der Waals surface area (Å²) in [5.41, 5.74) is 2.96. The van der Waals surface area contributed by atoms with Gasteiger partial charge in [0, 0.05) is 23.2 Å². The van der Waals surface area contributed by atoms with E-state index in [9.17, 15) is 4.79 Å². The van der Waals surface area contributed by atoms with Gasteiger partial charge in [0.1, 0.15) is 19.0 Å². The Kier molecular flexibility index (Phi) is 5.77. The van der Waals surface area contributed by atoms with E-state index in [-0.39, 0.29) is 5.91 Å². The Bertz CT molecular complexity index is 1090. The molecule has 1 amide bonds. The first-order valence-electron chi connectivity index (χ1n) is 11.1. The van der Waals surface area contributed by atoms with Crippen molar-refractivity contribution in [2.75, 3.05) is 38.2 Å². The van der Waals surface area contributed by atoms with Gasteiger partial charge in [-0.15, -0.1) is 0 Å². The quantitative estimate of drug-likeness (QED) is 0.641. The van der Waals surface area contributed by atoms with Crippen LogP contribution in [0.2, 0.25) is 0 Å². The van der Waals surface area contributed by atoms with Crippen LogP contribution in [0.3, 0.4) is 0 Å². The number of anilines is 1. The fourth-order valence-electron chi connectivity index (χ4n) is 4.18. The lowest BCUT2D eigenvalue weighted by molar-refractivity contribution is -0.117. The summed E-state index contributed by atoms with van der Waals surface area (Å²) in [5.74, 6) is 3.36. The molecule has 2 aliphatic rings. The van der Waals surface area contributed by atoms with Crippen LogP contribution < -0.4 is 14.8 Å². The van der Waals surface area contributed by atoms with Crippen LogP contribution in [-0.4, -0.2) is 58.8 Å². The molecular formula is C24H27N5O3. The molecule has 0 atom stereocenters. The summed E-state index contributed by atoms with van der Waals surface area (Å²) in [6.07, 6.45) is 1.89. The highest BCUT2D eigenvalue weighted by Crippen LogP contribution is 2.32. The zero-order valence-corrected chi connectivity index (χ0v) is 18.1. The maximum absolute atomic E-state index is 12.5. The second kappa shape index (κ2) is 9.00. The molecule has 0 unspecified atom stereocenters. The first-order chi connectivity index (χ1) is 15.6. The van der Waals surface area contributed by atoms with E-state index in [2.05, 4.69) is 39.5 Å². The van der Waals surface area contributed by atoms with Crippen LogP contribution in [0.5, 0.6) is 11.5 Å². The number of ether oxygens (including phenoxy) is 2. The van der Waals surface area contributed by atoms with Crippen LogP contribution in [0.15, 0.2) is 42.5 Å². The third kappa shape index (κ3) is 4.60. The van der Waals surface area contributed by atoms with Crippen LogP contribution >= 0.6 is 0 Å². The average molecular weight is 434 g/mol. The minimum Gasteiger partial charge on any atom is -0.486 e. The number of carbonyl (C=O) groups excluding carboxylic acids is 1. The van der Waals surface area contributed by atoms with E-state index in [4.69, 9.17) is 14.5 Å². The summed E-state index contributed by atoms with van der Waals surface area (Å²) in [6, 6.07) is 13.7. The van der Waals surface area contributed by atoms with Crippen LogP contribution in [0.1, 0.15) is 30.1 Å². The number of fused-ring (bicyclic) bond motifs is 1. The van der Waals surface area contributed by atoms with Crippen molar-refractivity contribution >= 4 is 11.6 Å². The van der Waals surface area contributed by atoms with Gasteiger partial charge in [0.15, 0.2) is 17.3 Å². The number of nitrogens with one attached hydrogen (secondary N) is 2.